The van der Waals surface area contributed by atoms with Crippen LogP contribution >= 0.6 is 0 Å². The number of ether oxygens (including phenoxy) is 3. The molecule has 0 fully saturated rings. The van der Waals surface area contributed by atoms with E-state index in [2.05, 4.69) is 15.0 Å². The average Bonchev–Trinajstić information content (AvgIpc) is 3.32. The van der Waals surface area contributed by atoms with E-state index in [1.54, 1.807) is 68.9 Å². The molecule has 2 aromatic carbocycles. The lowest BCUT2D eigenvalue weighted by atomic mass is 10.1. The van der Waals surface area contributed by atoms with Gasteiger partial charge in [-0.05, 0) is 48.0 Å². The Bertz CT molecular complexity index is 1670. The Balaban J connectivity index is 1.38. The van der Waals surface area contributed by atoms with Crippen LogP contribution in [0.3, 0.4) is 0 Å². The third kappa shape index (κ3) is 5.76. The van der Waals surface area contributed by atoms with Crippen molar-refractivity contribution >= 4 is 17.0 Å². The summed E-state index contributed by atoms with van der Waals surface area (Å²) in [7, 11) is 3.14. The lowest BCUT2D eigenvalue weighted by Gasteiger charge is -2.11. The number of rotatable bonds is 11. The molecule has 5 aromatic rings. The van der Waals surface area contributed by atoms with Gasteiger partial charge >= 0.3 is 5.97 Å². The fourth-order valence-corrected chi connectivity index (χ4v) is 4.42. The van der Waals surface area contributed by atoms with Gasteiger partial charge in [-0.3, -0.25) is 0 Å². The van der Waals surface area contributed by atoms with E-state index in [1.165, 1.54) is 12.1 Å². The zero-order valence-corrected chi connectivity index (χ0v) is 22.0. The molecule has 0 unspecified atom stereocenters. The van der Waals surface area contributed by atoms with Crippen molar-refractivity contribution in [3.05, 3.63) is 101 Å². The minimum absolute atomic E-state index is 0.159. The molecule has 1 N–H and O–H groups in total. The van der Waals surface area contributed by atoms with E-state index in [-0.39, 0.29) is 18.6 Å². The number of fused-ring (bicyclic) bond motifs is 1. The second-order valence-corrected chi connectivity index (χ2v) is 8.99. The first-order valence-electron chi connectivity index (χ1n) is 12.5. The van der Waals surface area contributed by atoms with Gasteiger partial charge in [-0.15, -0.1) is 0 Å². The standard InChI is InChI=1S/C30H27FN4O5/c1-38-14-13-35-26-16-21(30(36)37)10-11-25(26)33-27(35)17-19-8-9-20(15-23(19)31)24-6-3-7-28(34-24)40-18-22-5-4-12-32-29(22)39-2/h3-12,15-16H,13-14,17-18H2,1-2H3,(H,36,37). The number of pyridine rings is 2. The molecule has 0 aliphatic rings. The van der Waals surface area contributed by atoms with Gasteiger partial charge in [-0.2, -0.15) is 0 Å². The number of carboxylic acid groups (broad SMARTS) is 1. The molecule has 5 rings (SSSR count). The number of carbonyl (C=O) groups is 1. The van der Waals surface area contributed by atoms with Crippen LogP contribution in [0.2, 0.25) is 0 Å². The first-order chi connectivity index (χ1) is 19.5. The predicted octanol–water partition coefficient (Wildman–Crippen LogP) is 5.16. The van der Waals surface area contributed by atoms with Crippen molar-refractivity contribution in [2.45, 2.75) is 19.6 Å². The molecule has 0 radical (unpaired) electrons. The van der Waals surface area contributed by atoms with Crippen LogP contribution in [0.4, 0.5) is 4.39 Å². The highest BCUT2D eigenvalue weighted by Crippen LogP contribution is 2.26. The van der Waals surface area contributed by atoms with Gasteiger partial charge in [0.1, 0.15) is 18.2 Å². The lowest BCUT2D eigenvalue weighted by molar-refractivity contribution is 0.0697. The minimum atomic E-state index is -1.02. The number of nitrogens with zero attached hydrogens (tertiary/aromatic N) is 4. The molecule has 0 atom stereocenters. The SMILES string of the molecule is COCCn1c(Cc2ccc(-c3cccc(OCc4cccnc4OC)n3)cc2F)nc2ccc(C(=O)O)cc21. The molecule has 0 saturated carbocycles. The molecule has 3 heterocycles. The van der Waals surface area contributed by atoms with E-state index in [9.17, 15) is 9.90 Å². The largest absolute Gasteiger partial charge is 0.481 e. The normalized spacial score (nSPS) is 11.1. The second-order valence-electron chi connectivity index (χ2n) is 8.99. The van der Waals surface area contributed by atoms with Crippen molar-refractivity contribution in [3.63, 3.8) is 0 Å². The highest BCUT2D eigenvalue weighted by molar-refractivity contribution is 5.92. The molecule has 204 valence electrons. The number of methoxy groups -OCH3 is 2. The summed E-state index contributed by atoms with van der Waals surface area (Å²) in [6, 6.07) is 18.7. The zero-order valence-electron chi connectivity index (χ0n) is 22.0. The van der Waals surface area contributed by atoms with Crippen molar-refractivity contribution in [3.8, 4) is 23.0 Å². The summed E-state index contributed by atoms with van der Waals surface area (Å²) >= 11 is 0. The molecule has 40 heavy (non-hydrogen) atoms. The fraction of sp³-hybridized carbons (Fsp3) is 0.200. The second kappa shape index (κ2) is 11.9. The average molecular weight is 543 g/mol. The summed E-state index contributed by atoms with van der Waals surface area (Å²) in [5.74, 6) is 0.0576. The van der Waals surface area contributed by atoms with E-state index >= 15 is 4.39 Å². The Kier molecular flexibility index (Phi) is 7.97. The number of imidazole rings is 1. The minimum Gasteiger partial charge on any atom is -0.481 e. The topological polar surface area (TPSA) is 109 Å². The van der Waals surface area contributed by atoms with E-state index in [1.807, 2.05) is 10.6 Å². The number of benzene rings is 2. The Morgan fingerprint density at radius 1 is 1.00 bits per heavy atom. The highest BCUT2D eigenvalue weighted by atomic mass is 19.1. The summed E-state index contributed by atoms with van der Waals surface area (Å²) in [5, 5.41) is 9.41. The maximum absolute atomic E-state index is 15.4. The van der Waals surface area contributed by atoms with E-state index < -0.39 is 11.8 Å². The van der Waals surface area contributed by atoms with Crippen LogP contribution in [0.5, 0.6) is 11.8 Å². The molecule has 3 aromatic heterocycles. The van der Waals surface area contributed by atoms with Crippen LogP contribution in [-0.4, -0.2) is 51.4 Å². The Morgan fingerprint density at radius 3 is 2.65 bits per heavy atom. The third-order valence-electron chi connectivity index (χ3n) is 6.43. The van der Waals surface area contributed by atoms with Crippen LogP contribution in [0.25, 0.3) is 22.3 Å². The Morgan fingerprint density at radius 2 is 1.88 bits per heavy atom. The first kappa shape index (κ1) is 26.8. The van der Waals surface area contributed by atoms with Gasteiger partial charge in [0.15, 0.2) is 0 Å². The molecule has 0 saturated heterocycles. The summed E-state index contributed by atoms with van der Waals surface area (Å²) in [6.07, 6.45) is 1.86. The fourth-order valence-electron chi connectivity index (χ4n) is 4.42. The number of hydrogen-bond acceptors (Lipinski definition) is 7. The van der Waals surface area contributed by atoms with Gasteiger partial charge in [-0.25, -0.2) is 24.1 Å². The van der Waals surface area contributed by atoms with E-state index in [0.717, 1.165) is 5.56 Å². The Hall–Kier alpha value is -4.83. The van der Waals surface area contributed by atoms with E-state index in [0.29, 0.717) is 58.6 Å². The molecule has 0 aliphatic carbocycles. The molecule has 0 aliphatic heterocycles. The third-order valence-corrected chi connectivity index (χ3v) is 6.43. The van der Waals surface area contributed by atoms with Crippen molar-refractivity contribution in [1.82, 2.24) is 19.5 Å². The van der Waals surface area contributed by atoms with Crippen molar-refractivity contribution < 1.29 is 28.5 Å². The quantitative estimate of drug-likeness (QED) is 0.244. The molecule has 0 spiro atoms. The van der Waals surface area contributed by atoms with Gasteiger partial charge < -0.3 is 23.9 Å². The van der Waals surface area contributed by atoms with Crippen LogP contribution in [0, 0.1) is 5.82 Å². The van der Waals surface area contributed by atoms with Crippen LogP contribution in [-0.2, 0) is 24.3 Å². The highest BCUT2D eigenvalue weighted by Gasteiger charge is 2.16. The molecule has 0 amide bonds. The number of hydrogen-bond donors (Lipinski definition) is 1. The maximum Gasteiger partial charge on any atom is 0.335 e. The maximum atomic E-state index is 15.4. The summed E-state index contributed by atoms with van der Waals surface area (Å²) in [5.41, 5.74) is 3.85. The van der Waals surface area contributed by atoms with Gasteiger partial charge in [-0.1, -0.05) is 18.2 Å². The smallest absolute Gasteiger partial charge is 0.335 e. The van der Waals surface area contributed by atoms with Crippen LogP contribution in [0.1, 0.15) is 27.3 Å². The monoisotopic (exact) mass is 542 g/mol. The molecular formula is C30H27FN4O5. The molecule has 0 bridgehead atoms. The molecule has 10 heteroatoms. The lowest BCUT2D eigenvalue weighted by Crippen LogP contribution is -2.10. The van der Waals surface area contributed by atoms with Crippen molar-refractivity contribution in [2.24, 2.45) is 0 Å². The first-order valence-corrected chi connectivity index (χ1v) is 12.5. The molecule has 9 nitrogen and oxygen atoms in total. The van der Waals surface area contributed by atoms with Gasteiger partial charge in [0.05, 0.1) is 41.6 Å². The zero-order chi connectivity index (χ0) is 28.1. The number of aromatic nitrogens is 4. The number of carboxylic acids is 1. The predicted molar refractivity (Wildman–Crippen MR) is 146 cm³/mol. The molecular weight excluding hydrogens is 515 g/mol. The van der Waals surface area contributed by atoms with Crippen LogP contribution in [0.15, 0.2) is 72.9 Å². The van der Waals surface area contributed by atoms with Crippen molar-refractivity contribution in [2.75, 3.05) is 20.8 Å². The summed E-state index contributed by atoms with van der Waals surface area (Å²) < 4.78 is 33.6. The van der Waals surface area contributed by atoms with Gasteiger partial charge in [0, 0.05) is 37.9 Å². The Labute approximate surface area is 229 Å². The summed E-state index contributed by atoms with van der Waals surface area (Å²) in [6.45, 7) is 1.07. The van der Waals surface area contributed by atoms with E-state index in [4.69, 9.17) is 14.2 Å². The van der Waals surface area contributed by atoms with Crippen molar-refractivity contribution in [1.29, 1.82) is 0 Å². The number of aromatic carboxylic acids is 1. The number of halogens is 1. The summed E-state index contributed by atoms with van der Waals surface area (Å²) in [4.78, 5) is 24.8. The van der Waals surface area contributed by atoms with Crippen LogP contribution < -0.4 is 9.47 Å². The van der Waals surface area contributed by atoms with Gasteiger partial charge in [0.2, 0.25) is 11.8 Å². The van der Waals surface area contributed by atoms with Gasteiger partial charge in [0.25, 0.3) is 0 Å².